The van der Waals surface area contributed by atoms with E-state index in [0.29, 0.717) is 11.4 Å². The van der Waals surface area contributed by atoms with Crippen LogP contribution in [0.1, 0.15) is 0 Å². The van der Waals surface area contributed by atoms with Gasteiger partial charge in [-0.3, -0.25) is 5.32 Å². The topological polar surface area (TPSA) is 114 Å². The minimum atomic E-state index is -0.779. The molecule has 1 aromatic heterocycles. The highest BCUT2D eigenvalue weighted by Gasteiger charge is 2.13. The largest absolute Gasteiger partial charge is 0.507 e. The summed E-state index contributed by atoms with van der Waals surface area (Å²) in [6, 6.07) is 15.1. The minimum absolute atomic E-state index is 0.0182. The Balaban J connectivity index is 2.16. The van der Waals surface area contributed by atoms with Crippen molar-refractivity contribution in [1.82, 2.24) is 15.0 Å². The number of benzene rings is 2. The van der Waals surface area contributed by atoms with E-state index in [2.05, 4.69) is 20.3 Å². The number of phenols is 1. The van der Waals surface area contributed by atoms with Crippen LogP contribution in [0.2, 0.25) is 0 Å². The number of carbonyl (C=O) groups is 1. The Bertz CT molecular complexity index is 852. The average Bonchev–Trinajstić information content (AvgIpc) is 2.55. The van der Waals surface area contributed by atoms with Gasteiger partial charge >= 0.3 is 6.03 Å². The first kappa shape index (κ1) is 14.5. The predicted octanol–water partition coefficient (Wildman–Crippen LogP) is 2.40. The molecule has 0 aliphatic rings. The maximum absolute atomic E-state index is 11.1. The summed E-state index contributed by atoms with van der Waals surface area (Å²) in [6.07, 6.45) is 0. The van der Waals surface area contributed by atoms with E-state index in [1.165, 1.54) is 6.07 Å². The van der Waals surface area contributed by atoms with E-state index in [9.17, 15) is 9.90 Å². The van der Waals surface area contributed by atoms with E-state index in [1.807, 2.05) is 30.3 Å². The Labute approximate surface area is 131 Å². The quantitative estimate of drug-likeness (QED) is 0.687. The number of hydrogen-bond donors (Lipinski definition) is 3. The fraction of sp³-hybridized carbons (Fsp3) is 0. The van der Waals surface area contributed by atoms with Gasteiger partial charge in [-0.05, 0) is 12.1 Å². The van der Waals surface area contributed by atoms with E-state index in [1.54, 1.807) is 18.2 Å². The molecule has 3 aromatic rings. The van der Waals surface area contributed by atoms with Gasteiger partial charge in [-0.2, -0.15) is 9.97 Å². The Morgan fingerprint density at radius 1 is 0.913 bits per heavy atom. The van der Waals surface area contributed by atoms with Crippen molar-refractivity contribution in [3.8, 4) is 28.5 Å². The van der Waals surface area contributed by atoms with Crippen LogP contribution >= 0.6 is 0 Å². The number of amides is 2. The zero-order valence-corrected chi connectivity index (χ0v) is 12.0. The van der Waals surface area contributed by atoms with Crippen LogP contribution in [0.5, 0.6) is 5.75 Å². The maximum atomic E-state index is 11.1. The van der Waals surface area contributed by atoms with Crippen molar-refractivity contribution in [2.45, 2.75) is 0 Å². The third-order valence-corrected chi connectivity index (χ3v) is 3.05. The zero-order chi connectivity index (χ0) is 16.2. The van der Waals surface area contributed by atoms with Crippen molar-refractivity contribution in [2.75, 3.05) is 5.32 Å². The molecule has 2 aromatic carbocycles. The van der Waals surface area contributed by atoms with Crippen LogP contribution in [0.3, 0.4) is 0 Å². The number of nitrogens with zero attached hydrogens (tertiary/aromatic N) is 3. The second kappa shape index (κ2) is 6.10. The summed E-state index contributed by atoms with van der Waals surface area (Å²) in [5.41, 5.74) is 6.31. The summed E-state index contributed by atoms with van der Waals surface area (Å²) in [4.78, 5) is 23.8. The molecule has 0 aliphatic heterocycles. The Morgan fingerprint density at radius 3 is 2.26 bits per heavy atom. The van der Waals surface area contributed by atoms with Crippen LogP contribution in [0.4, 0.5) is 10.7 Å². The average molecular weight is 307 g/mol. The summed E-state index contributed by atoms with van der Waals surface area (Å²) in [5, 5.41) is 12.3. The summed E-state index contributed by atoms with van der Waals surface area (Å²) < 4.78 is 0. The van der Waals surface area contributed by atoms with Gasteiger partial charge in [0.15, 0.2) is 11.6 Å². The number of phenolic OH excluding ortho intramolecular Hbond substituents is 1. The zero-order valence-electron chi connectivity index (χ0n) is 12.0. The highest BCUT2D eigenvalue weighted by Crippen LogP contribution is 2.28. The second-order valence-corrected chi connectivity index (χ2v) is 4.68. The number of aromatic nitrogens is 3. The van der Waals surface area contributed by atoms with Gasteiger partial charge in [0.2, 0.25) is 5.95 Å². The molecule has 3 rings (SSSR count). The standard InChI is InChI=1S/C16H13N5O2/c17-15(23)21-16-19-13(10-6-2-1-3-7-10)18-14(20-16)11-8-4-5-9-12(11)22/h1-9,22H,(H3,17,18,19,20,21,23). The van der Waals surface area contributed by atoms with E-state index in [-0.39, 0.29) is 17.5 Å². The van der Waals surface area contributed by atoms with E-state index >= 15 is 0 Å². The summed E-state index contributed by atoms with van der Waals surface area (Å²) in [5.74, 6) is 0.649. The molecular weight excluding hydrogens is 294 g/mol. The lowest BCUT2D eigenvalue weighted by Gasteiger charge is -2.08. The highest BCUT2D eigenvalue weighted by molar-refractivity contribution is 5.86. The Morgan fingerprint density at radius 2 is 1.57 bits per heavy atom. The van der Waals surface area contributed by atoms with Crippen LogP contribution in [-0.2, 0) is 0 Å². The lowest BCUT2D eigenvalue weighted by atomic mass is 10.2. The van der Waals surface area contributed by atoms with Crippen LogP contribution in [0.15, 0.2) is 54.6 Å². The van der Waals surface area contributed by atoms with Crippen LogP contribution in [0.25, 0.3) is 22.8 Å². The molecule has 23 heavy (non-hydrogen) atoms. The molecule has 0 saturated carbocycles. The molecule has 7 heteroatoms. The van der Waals surface area contributed by atoms with Crippen LogP contribution in [0, 0.1) is 0 Å². The van der Waals surface area contributed by atoms with Gasteiger partial charge < -0.3 is 10.8 Å². The van der Waals surface area contributed by atoms with Gasteiger partial charge in [0.05, 0.1) is 5.56 Å². The number of primary amides is 1. The second-order valence-electron chi connectivity index (χ2n) is 4.68. The Kier molecular flexibility index (Phi) is 3.84. The predicted molar refractivity (Wildman–Crippen MR) is 85.6 cm³/mol. The van der Waals surface area contributed by atoms with E-state index < -0.39 is 6.03 Å². The molecule has 0 aliphatic carbocycles. The third-order valence-electron chi connectivity index (χ3n) is 3.05. The first-order valence-electron chi connectivity index (χ1n) is 6.80. The number of hydrogen-bond acceptors (Lipinski definition) is 5. The summed E-state index contributed by atoms with van der Waals surface area (Å²) >= 11 is 0. The van der Waals surface area contributed by atoms with Crippen molar-refractivity contribution >= 4 is 12.0 Å². The smallest absolute Gasteiger partial charge is 0.319 e. The maximum Gasteiger partial charge on any atom is 0.319 e. The number of para-hydroxylation sites is 1. The van der Waals surface area contributed by atoms with Gasteiger partial charge in [0.25, 0.3) is 0 Å². The number of nitrogens with one attached hydrogen (secondary N) is 1. The lowest BCUT2D eigenvalue weighted by Crippen LogP contribution is -2.21. The highest BCUT2D eigenvalue weighted by atomic mass is 16.3. The molecule has 0 radical (unpaired) electrons. The summed E-state index contributed by atoms with van der Waals surface area (Å²) in [7, 11) is 0. The van der Waals surface area contributed by atoms with Crippen molar-refractivity contribution in [2.24, 2.45) is 5.73 Å². The number of nitrogens with two attached hydrogens (primary N) is 1. The molecule has 4 N–H and O–H groups in total. The molecular formula is C16H13N5O2. The third kappa shape index (κ3) is 3.24. The fourth-order valence-corrected chi connectivity index (χ4v) is 2.04. The number of aromatic hydroxyl groups is 1. The number of urea groups is 1. The minimum Gasteiger partial charge on any atom is -0.507 e. The summed E-state index contributed by atoms with van der Waals surface area (Å²) in [6.45, 7) is 0. The fourth-order valence-electron chi connectivity index (χ4n) is 2.04. The molecule has 0 saturated heterocycles. The van der Waals surface area contributed by atoms with Crippen molar-refractivity contribution < 1.29 is 9.90 Å². The first-order valence-corrected chi connectivity index (χ1v) is 6.80. The number of carbonyl (C=O) groups excluding carboxylic acids is 1. The van der Waals surface area contributed by atoms with E-state index in [4.69, 9.17) is 5.73 Å². The lowest BCUT2D eigenvalue weighted by molar-refractivity contribution is 0.259. The van der Waals surface area contributed by atoms with Crippen LogP contribution in [-0.4, -0.2) is 26.1 Å². The SMILES string of the molecule is NC(=O)Nc1nc(-c2ccccc2)nc(-c2ccccc2O)n1. The number of anilines is 1. The molecule has 114 valence electrons. The van der Waals surface area contributed by atoms with Crippen molar-refractivity contribution in [3.05, 3.63) is 54.6 Å². The molecule has 2 amide bonds. The van der Waals surface area contributed by atoms with Gasteiger partial charge in [0, 0.05) is 5.56 Å². The molecule has 1 heterocycles. The number of rotatable bonds is 3. The van der Waals surface area contributed by atoms with Gasteiger partial charge in [0.1, 0.15) is 5.75 Å². The normalized spacial score (nSPS) is 10.3. The molecule has 0 unspecified atom stereocenters. The van der Waals surface area contributed by atoms with Gasteiger partial charge in [-0.15, -0.1) is 0 Å². The van der Waals surface area contributed by atoms with Gasteiger partial charge in [-0.1, -0.05) is 42.5 Å². The molecule has 0 bridgehead atoms. The monoisotopic (exact) mass is 307 g/mol. The Hall–Kier alpha value is -3.48. The van der Waals surface area contributed by atoms with Crippen molar-refractivity contribution in [3.63, 3.8) is 0 Å². The van der Waals surface area contributed by atoms with Crippen LogP contribution < -0.4 is 11.1 Å². The van der Waals surface area contributed by atoms with Gasteiger partial charge in [-0.25, -0.2) is 9.78 Å². The van der Waals surface area contributed by atoms with E-state index in [0.717, 1.165) is 5.56 Å². The molecule has 0 fully saturated rings. The molecule has 0 spiro atoms. The van der Waals surface area contributed by atoms with Crippen molar-refractivity contribution in [1.29, 1.82) is 0 Å². The molecule has 7 nitrogen and oxygen atoms in total. The molecule has 0 atom stereocenters. The first-order chi connectivity index (χ1) is 11.1.